The quantitative estimate of drug-likeness (QED) is 0.782. The second kappa shape index (κ2) is 7.76. The molecule has 0 unspecified atom stereocenters. The van der Waals surface area contributed by atoms with Gasteiger partial charge in [0.05, 0.1) is 18.9 Å². The minimum atomic E-state index is -3.50. The number of piperazine rings is 1. The van der Waals surface area contributed by atoms with Crippen LogP contribution in [0.3, 0.4) is 0 Å². The van der Waals surface area contributed by atoms with Crippen LogP contribution in [-0.2, 0) is 20.8 Å². The smallest absolute Gasteiger partial charge is 0.407 e. The van der Waals surface area contributed by atoms with Crippen LogP contribution in [0.1, 0.15) is 12.0 Å². The number of carbonyl (C=O) groups is 1. The summed E-state index contributed by atoms with van der Waals surface area (Å²) < 4.78 is 26.8. The summed E-state index contributed by atoms with van der Waals surface area (Å²) >= 11 is 0. The minimum Gasteiger partial charge on any atom is -0.465 e. The molecule has 128 valence electrons. The normalized spacial score (nSPS) is 19.7. The Kier molecular flexibility index (Phi) is 5.97. The van der Waals surface area contributed by atoms with E-state index in [1.54, 1.807) is 0 Å². The average Bonchev–Trinajstić information content (AvgIpc) is 2.47. The van der Waals surface area contributed by atoms with E-state index in [4.69, 9.17) is 4.18 Å². The van der Waals surface area contributed by atoms with E-state index in [0.717, 1.165) is 12.8 Å². The van der Waals surface area contributed by atoms with Crippen LogP contribution in [-0.4, -0.2) is 68.0 Å². The zero-order valence-electron chi connectivity index (χ0n) is 13.1. The van der Waals surface area contributed by atoms with Crippen molar-refractivity contribution in [1.29, 1.82) is 0 Å². The Bertz CT molecular complexity index is 620. The monoisotopic (exact) mass is 342 g/mol. The molecule has 8 heteroatoms. The highest BCUT2D eigenvalue weighted by Crippen LogP contribution is 2.16. The zero-order valence-corrected chi connectivity index (χ0v) is 13.9. The molecular formula is C15H22N2O5S. The molecule has 23 heavy (non-hydrogen) atoms. The summed E-state index contributed by atoms with van der Waals surface area (Å²) in [7, 11) is -3.50. The van der Waals surface area contributed by atoms with E-state index < -0.39 is 16.2 Å². The first kappa shape index (κ1) is 17.7. The Balaban J connectivity index is 1.95. The molecule has 2 rings (SSSR count). The maximum Gasteiger partial charge on any atom is 0.407 e. The van der Waals surface area contributed by atoms with Crippen LogP contribution in [0.25, 0.3) is 0 Å². The summed E-state index contributed by atoms with van der Waals surface area (Å²) in [5.41, 5.74) is 1.17. The van der Waals surface area contributed by atoms with Gasteiger partial charge in [-0.05, 0) is 12.0 Å². The van der Waals surface area contributed by atoms with Gasteiger partial charge in [-0.15, -0.1) is 0 Å². The van der Waals surface area contributed by atoms with Crippen molar-refractivity contribution in [2.45, 2.75) is 19.0 Å². The minimum absolute atomic E-state index is 0.00748. The molecular weight excluding hydrogens is 320 g/mol. The largest absolute Gasteiger partial charge is 0.465 e. The van der Waals surface area contributed by atoms with Crippen molar-refractivity contribution in [3.05, 3.63) is 35.9 Å². The maximum absolute atomic E-state index is 11.3. The van der Waals surface area contributed by atoms with Gasteiger partial charge in [0.25, 0.3) is 10.1 Å². The highest BCUT2D eigenvalue weighted by Gasteiger charge is 2.30. The fraction of sp³-hybridized carbons (Fsp3) is 0.533. The lowest BCUT2D eigenvalue weighted by Gasteiger charge is -2.40. The van der Waals surface area contributed by atoms with Crippen molar-refractivity contribution < 1.29 is 22.5 Å². The van der Waals surface area contributed by atoms with E-state index >= 15 is 0 Å². The van der Waals surface area contributed by atoms with E-state index in [-0.39, 0.29) is 12.6 Å². The van der Waals surface area contributed by atoms with Gasteiger partial charge in [0.1, 0.15) is 0 Å². The lowest BCUT2D eigenvalue weighted by atomic mass is 10.1. The van der Waals surface area contributed by atoms with Gasteiger partial charge in [0.2, 0.25) is 0 Å². The molecule has 1 heterocycles. The molecule has 1 amide bonds. The summed E-state index contributed by atoms with van der Waals surface area (Å²) in [6.07, 6.45) is 0.364. The molecule has 7 nitrogen and oxygen atoms in total. The van der Waals surface area contributed by atoms with Gasteiger partial charge in [-0.25, -0.2) is 4.79 Å². The Morgan fingerprint density at radius 3 is 2.61 bits per heavy atom. The van der Waals surface area contributed by atoms with Crippen LogP contribution in [0, 0.1) is 0 Å². The predicted molar refractivity (Wildman–Crippen MR) is 85.7 cm³/mol. The van der Waals surface area contributed by atoms with E-state index in [1.807, 2.05) is 30.3 Å². The van der Waals surface area contributed by atoms with Gasteiger partial charge in [-0.2, -0.15) is 8.42 Å². The Morgan fingerprint density at radius 1 is 1.30 bits per heavy atom. The number of benzene rings is 1. The topological polar surface area (TPSA) is 87.2 Å². The Hall–Kier alpha value is -1.64. The van der Waals surface area contributed by atoms with Crippen molar-refractivity contribution in [3.8, 4) is 0 Å². The molecule has 0 spiro atoms. The van der Waals surface area contributed by atoms with Crippen molar-refractivity contribution >= 4 is 16.2 Å². The molecule has 1 aromatic rings. The first-order valence-corrected chi connectivity index (χ1v) is 9.27. The highest BCUT2D eigenvalue weighted by atomic mass is 32.2. The number of carboxylic acid groups (broad SMARTS) is 1. The van der Waals surface area contributed by atoms with Crippen molar-refractivity contribution in [2.24, 2.45) is 0 Å². The number of rotatable bonds is 6. The summed E-state index contributed by atoms with van der Waals surface area (Å²) in [6, 6.07) is 9.70. The van der Waals surface area contributed by atoms with Crippen LogP contribution in [0.5, 0.6) is 0 Å². The molecule has 1 aliphatic rings. The molecule has 0 bridgehead atoms. The maximum atomic E-state index is 11.3. The molecule has 1 aromatic carbocycles. The Labute approximate surface area is 136 Å². The van der Waals surface area contributed by atoms with Crippen LogP contribution < -0.4 is 0 Å². The van der Waals surface area contributed by atoms with Crippen LogP contribution in [0.15, 0.2) is 30.3 Å². The molecule has 0 aromatic heterocycles. The van der Waals surface area contributed by atoms with E-state index in [1.165, 1.54) is 10.5 Å². The fourth-order valence-electron chi connectivity index (χ4n) is 2.74. The van der Waals surface area contributed by atoms with Gasteiger partial charge >= 0.3 is 6.09 Å². The van der Waals surface area contributed by atoms with Gasteiger partial charge in [0.15, 0.2) is 0 Å². The number of hydrogen-bond donors (Lipinski definition) is 1. The number of nitrogens with zero attached hydrogens (tertiary/aromatic N) is 2. The number of amides is 1. The molecule has 1 fully saturated rings. The molecule has 1 saturated heterocycles. The third kappa shape index (κ3) is 5.81. The predicted octanol–water partition coefficient (Wildman–Crippen LogP) is 1.22. The van der Waals surface area contributed by atoms with E-state index in [9.17, 15) is 18.3 Å². The molecule has 1 aliphatic heterocycles. The third-order valence-electron chi connectivity index (χ3n) is 3.81. The first-order valence-electron chi connectivity index (χ1n) is 7.45. The SMILES string of the molecule is CS(=O)(=O)OCC[C@H]1CN(Cc2ccccc2)CCN1C(=O)O. The van der Waals surface area contributed by atoms with E-state index in [0.29, 0.717) is 26.1 Å². The molecule has 0 radical (unpaired) electrons. The van der Waals surface area contributed by atoms with Gasteiger partial charge in [-0.3, -0.25) is 9.08 Å². The lowest BCUT2D eigenvalue weighted by Crippen LogP contribution is -2.54. The fourth-order valence-corrected chi connectivity index (χ4v) is 3.14. The lowest BCUT2D eigenvalue weighted by molar-refractivity contribution is 0.0560. The second-order valence-corrected chi connectivity index (χ2v) is 7.31. The standard InChI is InChI=1S/C15H22N2O5S/c1-23(20,21)22-10-7-14-12-16(8-9-17(14)15(18)19)11-13-5-3-2-4-6-13/h2-6,14H,7-12H2,1H3,(H,18,19)/t14-/m0/s1. The van der Waals surface area contributed by atoms with Crippen molar-refractivity contribution in [2.75, 3.05) is 32.5 Å². The summed E-state index contributed by atoms with van der Waals surface area (Å²) in [5.74, 6) is 0. The van der Waals surface area contributed by atoms with Crippen LogP contribution in [0.4, 0.5) is 4.79 Å². The molecule has 1 N–H and O–H groups in total. The zero-order chi connectivity index (χ0) is 16.9. The van der Waals surface area contributed by atoms with Gasteiger partial charge in [0, 0.05) is 26.2 Å². The van der Waals surface area contributed by atoms with Gasteiger partial charge < -0.3 is 10.0 Å². The van der Waals surface area contributed by atoms with Crippen molar-refractivity contribution in [3.63, 3.8) is 0 Å². The third-order valence-corrected chi connectivity index (χ3v) is 4.40. The second-order valence-electron chi connectivity index (χ2n) is 5.67. The summed E-state index contributed by atoms with van der Waals surface area (Å²) in [6.45, 7) is 2.37. The van der Waals surface area contributed by atoms with Gasteiger partial charge in [-0.1, -0.05) is 30.3 Å². The Morgan fingerprint density at radius 2 is 2.00 bits per heavy atom. The molecule has 1 atom stereocenters. The molecule has 0 aliphatic carbocycles. The first-order chi connectivity index (χ1) is 10.8. The van der Waals surface area contributed by atoms with Crippen LogP contribution >= 0.6 is 0 Å². The summed E-state index contributed by atoms with van der Waals surface area (Å²) in [5, 5.41) is 9.29. The highest BCUT2D eigenvalue weighted by molar-refractivity contribution is 7.85. The number of hydrogen-bond acceptors (Lipinski definition) is 5. The summed E-state index contributed by atoms with van der Waals surface area (Å²) in [4.78, 5) is 14.9. The van der Waals surface area contributed by atoms with Crippen LogP contribution in [0.2, 0.25) is 0 Å². The average molecular weight is 342 g/mol. The molecule has 0 saturated carbocycles. The van der Waals surface area contributed by atoms with Crippen molar-refractivity contribution in [1.82, 2.24) is 9.80 Å². The van der Waals surface area contributed by atoms with E-state index in [2.05, 4.69) is 4.90 Å².